The third-order valence-electron chi connectivity index (χ3n) is 3.34. The van der Waals surface area contributed by atoms with Crippen molar-refractivity contribution in [3.05, 3.63) is 0 Å². The van der Waals surface area contributed by atoms with Crippen molar-refractivity contribution < 1.29 is 19.5 Å². The Hall–Kier alpha value is -1.79. The summed E-state index contributed by atoms with van der Waals surface area (Å²) in [5.41, 5.74) is 0. The first-order chi connectivity index (χ1) is 9.77. The molecule has 0 fully saturated rings. The molecule has 2 atom stereocenters. The van der Waals surface area contributed by atoms with Gasteiger partial charge in [0.2, 0.25) is 5.91 Å². The minimum absolute atomic E-state index is 0.152. The van der Waals surface area contributed by atoms with Crippen LogP contribution >= 0.6 is 0 Å². The van der Waals surface area contributed by atoms with Gasteiger partial charge in [-0.25, -0.2) is 4.79 Å². The van der Waals surface area contributed by atoms with Crippen LogP contribution in [0.5, 0.6) is 0 Å². The van der Waals surface area contributed by atoms with E-state index in [0.29, 0.717) is 13.0 Å². The summed E-state index contributed by atoms with van der Waals surface area (Å²) >= 11 is 0. The van der Waals surface area contributed by atoms with Crippen LogP contribution in [0.15, 0.2) is 0 Å². The summed E-state index contributed by atoms with van der Waals surface area (Å²) in [6.45, 7) is 4.10. The Morgan fingerprint density at radius 3 is 2.29 bits per heavy atom. The molecule has 21 heavy (non-hydrogen) atoms. The van der Waals surface area contributed by atoms with E-state index in [2.05, 4.69) is 10.6 Å². The number of nitrogens with one attached hydrogen (secondary N) is 2. The summed E-state index contributed by atoms with van der Waals surface area (Å²) in [6, 6.07) is -0.959. The Morgan fingerprint density at radius 2 is 1.81 bits per heavy atom. The van der Waals surface area contributed by atoms with Gasteiger partial charge in [-0.05, 0) is 25.7 Å². The first-order valence-corrected chi connectivity index (χ1v) is 7.25. The summed E-state index contributed by atoms with van der Waals surface area (Å²) in [5.74, 6) is -0.685. The molecule has 0 saturated carbocycles. The molecule has 7 heteroatoms. The predicted octanol–water partition coefficient (Wildman–Crippen LogP) is 1.04. The van der Waals surface area contributed by atoms with E-state index < -0.39 is 12.0 Å². The zero-order chi connectivity index (χ0) is 16.4. The normalized spacial score (nSPS) is 13.1. The minimum Gasteiger partial charge on any atom is -0.481 e. The van der Waals surface area contributed by atoms with Crippen molar-refractivity contribution in [2.75, 3.05) is 20.6 Å². The smallest absolute Gasteiger partial charge is 0.315 e. The van der Waals surface area contributed by atoms with Gasteiger partial charge in [-0.2, -0.15) is 0 Å². The van der Waals surface area contributed by atoms with Crippen LogP contribution in [0.2, 0.25) is 0 Å². The standard InChI is InChI=1S/C14H27N3O4/c1-5-11(6-7-12(18)19)8-9-15-14(21)16-10(2)13(20)17(3)4/h10-11H,5-9H2,1-4H3,(H,18,19)(H2,15,16,21). The van der Waals surface area contributed by atoms with Gasteiger partial charge in [-0.15, -0.1) is 0 Å². The zero-order valence-electron chi connectivity index (χ0n) is 13.3. The number of hydrogen-bond donors (Lipinski definition) is 3. The van der Waals surface area contributed by atoms with Gasteiger partial charge in [0.25, 0.3) is 0 Å². The van der Waals surface area contributed by atoms with Crippen LogP contribution in [0.4, 0.5) is 4.79 Å². The quantitative estimate of drug-likeness (QED) is 0.592. The van der Waals surface area contributed by atoms with Gasteiger partial charge < -0.3 is 20.6 Å². The van der Waals surface area contributed by atoms with Crippen molar-refractivity contribution in [1.82, 2.24) is 15.5 Å². The van der Waals surface area contributed by atoms with E-state index in [4.69, 9.17) is 5.11 Å². The summed E-state index contributed by atoms with van der Waals surface area (Å²) in [5, 5.41) is 13.9. The SMILES string of the molecule is CCC(CCNC(=O)NC(C)C(=O)N(C)C)CCC(=O)O. The fraction of sp³-hybridized carbons (Fsp3) is 0.786. The molecule has 0 rings (SSSR count). The highest BCUT2D eigenvalue weighted by Crippen LogP contribution is 2.14. The van der Waals surface area contributed by atoms with Gasteiger partial charge in [-0.1, -0.05) is 13.3 Å². The van der Waals surface area contributed by atoms with Gasteiger partial charge in [0.1, 0.15) is 6.04 Å². The van der Waals surface area contributed by atoms with Crippen LogP contribution in [-0.4, -0.2) is 54.6 Å². The molecule has 0 aliphatic carbocycles. The van der Waals surface area contributed by atoms with Crippen molar-refractivity contribution >= 4 is 17.9 Å². The number of carbonyl (C=O) groups excluding carboxylic acids is 2. The number of amides is 3. The summed E-state index contributed by atoms with van der Waals surface area (Å²) < 4.78 is 0. The Kier molecular flexibility index (Phi) is 9.16. The molecule has 0 bridgehead atoms. The number of rotatable bonds is 9. The molecule has 0 aromatic heterocycles. The van der Waals surface area contributed by atoms with Crippen molar-refractivity contribution in [3.8, 4) is 0 Å². The van der Waals surface area contributed by atoms with Crippen LogP contribution < -0.4 is 10.6 Å². The van der Waals surface area contributed by atoms with E-state index in [1.165, 1.54) is 4.90 Å². The first kappa shape index (κ1) is 19.2. The molecule has 0 saturated heterocycles. The second-order valence-electron chi connectivity index (χ2n) is 5.35. The number of carboxylic acids is 1. The molecule has 0 aliphatic heterocycles. The highest BCUT2D eigenvalue weighted by Gasteiger charge is 2.17. The number of nitrogens with zero attached hydrogens (tertiary/aromatic N) is 1. The molecule has 122 valence electrons. The highest BCUT2D eigenvalue weighted by atomic mass is 16.4. The number of carboxylic acid groups (broad SMARTS) is 1. The lowest BCUT2D eigenvalue weighted by Gasteiger charge is -2.19. The molecule has 0 radical (unpaired) electrons. The third kappa shape index (κ3) is 8.88. The Morgan fingerprint density at radius 1 is 1.19 bits per heavy atom. The maximum Gasteiger partial charge on any atom is 0.315 e. The van der Waals surface area contributed by atoms with Crippen molar-refractivity contribution in [2.45, 2.75) is 45.6 Å². The highest BCUT2D eigenvalue weighted by molar-refractivity contribution is 5.86. The van der Waals surface area contributed by atoms with E-state index >= 15 is 0 Å². The fourth-order valence-electron chi connectivity index (χ4n) is 1.97. The molecule has 2 unspecified atom stereocenters. The van der Waals surface area contributed by atoms with Crippen molar-refractivity contribution in [1.29, 1.82) is 0 Å². The maximum absolute atomic E-state index is 11.6. The Labute approximate surface area is 126 Å². The lowest BCUT2D eigenvalue weighted by Crippen LogP contribution is -2.48. The molecule has 0 heterocycles. The largest absolute Gasteiger partial charge is 0.481 e. The molecule has 3 N–H and O–H groups in total. The Bertz CT molecular complexity index is 358. The van der Waals surface area contributed by atoms with Gasteiger partial charge in [0.15, 0.2) is 0 Å². The molecule has 3 amide bonds. The first-order valence-electron chi connectivity index (χ1n) is 7.25. The lowest BCUT2D eigenvalue weighted by atomic mass is 9.97. The summed E-state index contributed by atoms with van der Waals surface area (Å²) in [4.78, 5) is 35.2. The average molecular weight is 301 g/mol. The third-order valence-corrected chi connectivity index (χ3v) is 3.34. The van der Waals surface area contributed by atoms with E-state index in [1.54, 1.807) is 21.0 Å². The number of likely N-dealkylation sites (N-methyl/N-ethyl adjacent to an activating group) is 1. The molecule has 0 aromatic carbocycles. The minimum atomic E-state index is -0.796. The van der Waals surface area contributed by atoms with Crippen molar-refractivity contribution in [3.63, 3.8) is 0 Å². The zero-order valence-corrected chi connectivity index (χ0v) is 13.3. The number of carbonyl (C=O) groups is 3. The monoisotopic (exact) mass is 301 g/mol. The second-order valence-corrected chi connectivity index (χ2v) is 5.35. The molecular formula is C14H27N3O4. The number of hydrogen-bond acceptors (Lipinski definition) is 3. The summed E-state index contributed by atoms with van der Waals surface area (Å²) in [7, 11) is 3.26. The maximum atomic E-state index is 11.6. The van der Waals surface area contributed by atoms with Gasteiger partial charge in [-0.3, -0.25) is 9.59 Å². The van der Waals surface area contributed by atoms with Crippen LogP contribution in [0.3, 0.4) is 0 Å². The van der Waals surface area contributed by atoms with Crippen LogP contribution in [0, 0.1) is 5.92 Å². The molecular weight excluding hydrogens is 274 g/mol. The van der Waals surface area contributed by atoms with Crippen molar-refractivity contribution in [2.24, 2.45) is 5.92 Å². The van der Waals surface area contributed by atoms with E-state index in [-0.39, 0.29) is 24.3 Å². The second kappa shape index (κ2) is 10.0. The Balaban J connectivity index is 3.97. The van der Waals surface area contributed by atoms with E-state index in [1.807, 2.05) is 6.92 Å². The van der Waals surface area contributed by atoms with E-state index in [0.717, 1.165) is 12.8 Å². The molecule has 7 nitrogen and oxygen atoms in total. The van der Waals surface area contributed by atoms with Crippen LogP contribution in [0.1, 0.15) is 39.5 Å². The summed E-state index contributed by atoms with van der Waals surface area (Å²) in [6.07, 6.45) is 2.38. The van der Waals surface area contributed by atoms with Crippen LogP contribution in [0.25, 0.3) is 0 Å². The fourth-order valence-corrected chi connectivity index (χ4v) is 1.97. The van der Waals surface area contributed by atoms with Gasteiger partial charge in [0.05, 0.1) is 0 Å². The topological polar surface area (TPSA) is 98.7 Å². The van der Waals surface area contributed by atoms with E-state index in [9.17, 15) is 14.4 Å². The average Bonchev–Trinajstić information content (AvgIpc) is 2.41. The molecule has 0 aliphatic rings. The predicted molar refractivity (Wildman–Crippen MR) is 80.0 cm³/mol. The number of aliphatic carboxylic acids is 1. The lowest BCUT2D eigenvalue weighted by molar-refractivity contribution is -0.137. The molecule has 0 aromatic rings. The molecule has 0 spiro atoms. The van der Waals surface area contributed by atoms with Gasteiger partial charge >= 0.3 is 12.0 Å². The number of urea groups is 1. The van der Waals surface area contributed by atoms with Gasteiger partial charge in [0, 0.05) is 27.1 Å². The van der Waals surface area contributed by atoms with Crippen LogP contribution in [-0.2, 0) is 9.59 Å².